The van der Waals surface area contributed by atoms with Gasteiger partial charge in [-0.1, -0.05) is 0 Å². The van der Waals surface area contributed by atoms with Crippen LogP contribution in [0, 0.1) is 13.8 Å². The molecule has 2 heterocycles. The Bertz CT molecular complexity index is 601. The van der Waals surface area contributed by atoms with Crippen molar-refractivity contribution in [3.63, 3.8) is 0 Å². The summed E-state index contributed by atoms with van der Waals surface area (Å²) in [5.74, 6) is -0.339. The molecule has 0 saturated heterocycles. The maximum Gasteiger partial charge on any atom is 0.354 e. The smallest absolute Gasteiger partial charge is 0.354 e. The fourth-order valence-electron chi connectivity index (χ4n) is 2.23. The first-order chi connectivity index (χ1) is 9.51. The van der Waals surface area contributed by atoms with Crippen LogP contribution in [0.15, 0.2) is 18.2 Å². The average Bonchev–Trinajstić information content (AvgIpc) is 3.01. The van der Waals surface area contributed by atoms with Gasteiger partial charge in [0.05, 0.1) is 7.11 Å². The van der Waals surface area contributed by atoms with Gasteiger partial charge in [-0.15, -0.1) is 11.3 Å². The van der Waals surface area contributed by atoms with Crippen molar-refractivity contribution in [2.45, 2.75) is 33.4 Å². The van der Waals surface area contributed by atoms with Crippen LogP contribution in [-0.4, -0.2) is 18.1 Å². The van der Waals surface area contributed by atoms with Gasteiger partial charge in [0.25, 0.3) is 0 Å². The molecule has 0 aliphatic rings. The molecule has 108 valence electrons. The van der Waals surface area contributed by atoms with E-state index in [0.717, 1.165) is 5.69 Å². The number of hydrogen-bond acceptors (Lipinski definition) is 4. The van der Waals surface area contributed by atoms with Crippen LogP contribution < -0.4 is 5.32 Å². The van der Waals surface area contributed by atoms with Crippen LogP contribution in [-0.2, 0) is 11.3 Å². The van der Waals surface area contributed by atoms with Crippen molar-refractivity contribution in [2.24, 2.45) is 0 Å². The van der Waals surface area contributed by atoms with Crippen molar-refractivity contribution in [3.05, 3.63) is 44.9 Å². The molecule has 0 radical (unpaired) electrons. The van der Waals surface area contributed by atoms with E-state index >= 15 is 0 Å². The molecule has 0 spiro atoms. The summed E-state index contributed by atoms with van der Waals surface area (Å²) in [5, 5.41) is 3.46. The monoisotopic (exact) mass is 292 g/mol. The predicted octanol–water partition coefficient (Wildman–Crippen LogP) is 3.33. The number of nitrogens with one attached hydrogen (secondary N) is 2. The highest BCUT2D eigenvalue weighted by atomic mass is 32.1. The molecule has 0 saturated carbocycles. The lowest BCUT2D eigenvalue weighted by molar-refractivity contribution is 0.0594. The Kier molecular flexibility index (Phi) is 4.62. The van der Waals surface area contributed by atoms with Crippen molar-refractivity contribution in [3.8, 4) is 0 Å². The molecule has 0 aromatic carbocycles. The van der Waals surface area contributed by atoms with Gasteiger partial charge in [-0.05, 0) is 44.5 Å². The van der Waals surface area contributed by atoms with Gasteiger partial charge in [-0.25, -0.2) is 4.79 Å². The second-order valence-electron chi connectivity index (χ2n) is 4.86. The summed E-state index contributed by atoms with van der Waals surface area (Å²) < 4.78 is 4.67. The number of ether oxygens (including phenoxy) is 1. The summed E-state index contributed by atoms with van der Waals surface area (Å²) in [7, 11) is 1.38. The lowest BCUT2D eigenvalue weighted by Crippen LogP contribution is -2.18. The summed E-state index contributed by atoms with van der Waals surface area (Å²) >= 11 is 1.82. The maximum absolute atomic E-state index is 11.4. The lowest BCUT2D eigenvalue weighted by atomic mass is 10.1. The molecule has 2 aromatic rings. The topological polar surface area (TPSA) is 54.1 Å². The van der Waals surface area contributed by atoms with E-state index < -0.39 is 0 Å². The molecule has 0 amide bonds. The quantitative estimate of drug-likeness (QED) is 0.831. The SMILES string of the molecule is COC(=O)c1ccc(CNC(C)c2cc(C)sc2C)[nH]1. The zero-order valence-corrected chi connectivity index (χ0v) is 13.1. The zero-order chi connectivity index (χ0) is 14.7. The number of H-pyrrole nitrogens is 1. The number of aromatic amines is 1. The van der Waals surface area contributed by atoms with Gasteiger partial charge in [-0.2, -0.15) is 0 Å². The summed E-state index contributed by atoms with van der Waals surface area (Å²) in [5.41, 5.74) is 2.80. The Morgan fingerprint density at radius 1 is 1.45 bits per heavy atom. The van der Waals surface area contributed by atoms with Gasteiger partial charge < -0.3 is 15.0 Å². The molecule has 2 rings (SSSR count). The first-order valence-corrected chi connectivity index (χ1v) is 7.39. The number of thiophene rings is 1. The first kappa shape index (κ1) is 14.8. The van der Waals surface area contributed by atoms with Crippen LogP contribution in [0.2, 0.25) is 0 Å². The first-order valence-electron chi connectivity index (χ1n) is 6.57. The van der Waals surface area contributed by atoms with Gasteiger partial charge in [0, 0.05) is 28.0 Å². The number of carbonyl (C=O) groups excluding carboxylic acids is 1. The third kappa shape index (κ3) is 3.29. The van der Waals surface area contributed by atoms with Crippen molar-refractivity contribution in [1.82, 2.24) is 10.3 Å². The molecule has 0 aliphatic heterocycles. The Labute approximate surface area is 123 Å². The van der Waals surface area contributed by atoms with Gasteiger partial charge >= 0.3 is 5.97 Å². The molecule has 2 N–H and O–H groups in total. The van der Waals surface area contributed by atoms with Crippen molar-refractivity contribution >= 4 is 17.3 Å². The minimum Gasteiger partial charge on any atom is -0.464 e. The van der Waals surface area contributed by atoms with E-state index in [0.29, 0.717) is 12.2 Å². The predicted molar refractivity (Wildman–Crippen MR) is 81.2 cm³/mol. The number of aromatic nitrogens is 1. The number of hydrogen-bond donors (Lipinski definition) is 2. The number of aryl methyl sites for hydroxylation is 2. The average molecular weight is 292 g/mol. The van der Waals surface area contributed by atoms with E-state index in [9.17, 15) is 4.79 Å². The Morgan fingerprint density at radius 2 is 2.20 bits per heavy atom. The Hall–Kier alpha value is -1.59. The fraction of sp³-hybridized carbons (Fsp3) is 0.400. The summed E-state index contributed by atoms with van der Waals surface area (Å²) in [4.78, 5) is 17.1. The van der Waals surface area contributed by atoms with Crippen LogP contribution >= 0.6 is 11.3 Å². The van der Waals surface area contributed by atoms with E-state index in [4.69, 9.17) is 0 Å². The summed E-state index contributed by atoms with van der Waals surface area (Å²) in [6.45, 7) is 7.11. The highest BCUT2D eigenvalue weighted by Crippen LogP contribution is 2.26. The van der Waals surface area contributed by atoms with Gasteiger partial charge in [0.2, 0.25) is 0 Å². The van der Waals surface area contributed by atoms with Crippen molar-refractivity contribution in [1.29, 1.82) is 0 Å². The molecule has 4 nitrogen and oxygen atoms in total. The van der Waals surface area contributed by atoms with Crippen LogP contribution in [0.1, 0.15) is 44.5 Å². The number of rotatable bonds is 5. The largest absolute Gasteiger partial charge is 0.464 e. The van der Waals surface area contributed by atoms with Gasteiger partial charge in [0.1, 0.15) is 5.69 Å². The molecule has 20 heavy (non-hydrogen) atoms. The van der Waals surface area contributed by atoms with E-state index in [1.807, 2.05) is 17.4 Å². The molecular weight excluding hydrogens is 272 g/mol. The molecule has 0 bridgehead atoms. The van der Waals surface area contributed by atoms with E-state index in [2.05, 4.69) is 41.9 Å². The van der Waals surface area contributed by atoms with E-state index in [1.54, 1.807) is 6.07 Å². The normalized spacial score (nSPS) is 12.4. The number of carbonyl (C=O) groups is 1. The third-order valence-corrected chi connectivity index (χ3v) is 4.28. The second kappa shape index (κ2) is 6.24. The van der Waals surface area contributed by atoms with Crippen LogP contribution in [0.5, 0.6) is 0 Å². The van der Waals surface area contributed by atoms with Crippen molar-refractivity contribution < 1.29 is 9.53 Å². The second-order valence-corrected chi connectivity index (χ2v) is 6.32. The molecule has 0 aliphatic carbocycles. The maximum atomic E-state index is 11.4. The van der Waals surface area contributed by atoms with Gasteiger partial charge in [-0.3, -0.25) is 0 Å². The number of methoxy groups -OCH3 is 1. The fourth-order valence-corrected chi connectivity index (χ4v) is 3.25. The summed E-state index contributed by atoms with van der Waals surface area (Å²) in [6, 6.07) is 6.15. The highest BCUT2D eigenvalue weighted by Gasteiger charge is 2.12. The van der Waals surface area contributed by atoms with Crippen LogP contribution in [0.25, 0.3) is 0 Å². The molecule has 1 unspecified atom stereocenters. The number of esters is 1. The molecule has 2 aromatic heterocycles. The molecule has 0 fully saturated rings. The van der Waals surface area contributed by atoms with Gasteiger partial charge in [0.15, 0.2) is 0 Å². The molecule has 1 atom stereocenters. The van der Waals surface area contributed by atoms with Crippen LogP contribution in [0.3, 0.4) is 0 Å². The Balaban J connectivity index is 1.96. The van der Waals surface area contributed by atoms with E-state index in [-0.39, 0.29) is 12.0 Å². The minimum absolute atomic E-state index is 0.282. The minimum atomic E-state index is -0.339. The zero-order valence-electron chi connectivity index (χ0n) is 12.2. The summed E-state index contributed by atoms with van der Waals surface area (Å²) in [6.07, 6.45) is 0. The highest BCUT2D eigenvalue weighted by molar-refractivity contribution is 7.12. The Morgan fingerprint density at radius 3 is 2.80 bits per heavy atom. The van der Waals surface area contributed by atoms with E-state index in [1.165, 1.54) is 22.4 Å². The lowest BCUT2D eigenvalue weighted by Gasteiger charge is -2.13. The molecular formula is C15H20N2O2S. The molecule has 5 heteroatoms. The standard InChI is InChI=1S/C15H20N2O2S/c1-9-7-13(11(3)20-9)10(2)16-8-12-5-6-14(17-12)15(18)19-4/h5-7,10,16-17H,8H2,1-4H3. The van der Waals surface area contributed by atoms with Crippen LogP contribution in [0.4, 0.5) is 0 Å². The third-order valence-electron chi connectivity index (χ3n) is 3.30. The van der Waals surface area contributed by atoms with Crippen molar-refractivity contribution in [2.75, 3.05) is 7.11 Å².